The summed E-state index contributed by atoms with van der Waals surface area (Å²) in [5.41, 5.74) is 0. The fourth-order valence-corrected chi connectivity index (χ4v) is 5.06. The van der Waals surface area contributed by atoms with Gasteiger partial charge in [0.2, 0.25) is 5.89 Å². The van der Waals surface area contributed by atoms with Crippen LogP contribution in [-0.2, 0) is 9.84 Å². The largest absolute Gasteiger partial charge is 0.339 e. The molecule has 6 nitrogen and oxygen atoms in total. The first-order chi connectivity index (χ1) is 9.59. The van der Waals surface area contributed by atoms with Crippen molar-refractivity contribution in [2.45, 2.75) is 50.5 Å². The summed E-state index contributed by atoms with van der Waals surface area (Å²) in [5.74, 6) is 1.83. The summed E-state index contributed by atoms with van der Waals surface area (Å²) in [5, 5.41) is 7.49. The van der Waals surface area contributed by atoms with Gasteiger partial charge >= 0.3 is 0 Å². The first kappa shape index (κ1) is 14.0. The molecule has 1 saturated heterocycles. The molecule has 1 saturated carbocycles. The summed E-state index contributed by atoms with van der Waals surface area (Å²) in [6.07, 6.45) is 3.97. The van der Waals surface area contributed by atoms with Crippen LogP contribution < -0.4 is 5.32 Å². The van der Waals surface area contributed by atoms with Crippen LogP contribution in [0.25, 0.3) is 0 Å². The molecule has 7 heteroatoms. The van der Waals surface area contributed by atoms with E-state index >= 15 is 0 Å². The molecule has 0 bridgehead atoms. The van der Waals surface area contributed by atoms with Crippen molar-refractivity contribution in [3.63, 3.8) is 0 Å². The lowest BCUT2D eigenvalue weighted by molar-refractivity contribution is 0.328. The molecular formula is C13H21N3O3S. The summed E-state index contributed by atoms with van der Waals surface area (Å²) in [6, 6.07) is 0.403. The van der Waals surface area contributed by atoms with Crippen LogP contribution in [0.2, 0.25) is 0 Å². The summed E-state index contributed by atoms with van der Waals surface area (Å²) in [4.78, 5) is 4.49. The van der Waals surface area contributed by atoms with Crippen molar-refractivity contribution < 1.29 is 12.9 Å². The maximum Gasteiger partial charge on any atom is 0.231 e. The Balaban J connectivity index is 1.74. The Labute approximate surface area is 119 Å². The van der Waals surface area contributed by atoms with E-state index in [1.54, 1.807) is 0 Å². The molecule has 3 atom stereocenters. The molecule has 0 radical (unpaired) electrons. The first-order valence-electron chi connectivity index (χ1n) is 7.36. The molecule has 0 aromatic carbocycles. The van der Waals surface area contributed by atoms with E-state index in [-0.39, 0.29) is 23.3 Å². The Hall–Kier alpha value is -0.950. The summed E-state index contributed by atoms with van der Waals surface area (Å²) >= 11 is 0. The number of hydrogen-bond donors (Lipinski definition) is 1. The molecule has 3 unspecified atom stereocenters. The number of nitrogens with zero attached hydrogens (tertiary/aromatic N) is 2. The molecule has 0 spiro atoms. The molecule has 2 fully saturated rings. The van der Waals surface area contributed by atoms with Crippen molar-refractivity contribution in [2.24, 2.45) is 0 Å². The molecule has 3 rings (SSSR count). The minimum absolute atomic E-state index is 0.0866. The van der Waals surface area contributed by atoms with Gasteiger partial charge in [0, 0.05) is 12.0 Å². The van der Waals surface area contributed by atoms with E-state index in [1.165, 1.54) is 0 Å². The molecule has 1 N–H and O–H groups in total. The van der Waals surface area contributed by atoms with Crippen LogP contribution in [0.3, 0.4) is 0 Å². The maximum atomic E-state index is 11.5. The molecule has 1 aromatic heterocycles. The first-order valence-corrected chi connectivity index (χ1v) is 9.18. The van der Waals surface area contributed by atoms with Gasteiger partial charge < -0.3 is 9.84 Å². The molecular weight excluding hydrogens is 278 g/mol. The zero-order valence-electron chi connectivity index (χ0n) is 11.7. The highest BCUT2D eigenvalue weighted by Gasteiger charge is 2.35. The minimum Gasteiger partial charge on any atom is -0.339 e. The molecule has 2 aliphatic rings. The van der Waals surface area contributed by atoms with Gasteiger partial charge in [-0.25, -0.2) is 8.42 Å². The van der Waals surface area contributed by atoms with E-state index in [0.29, 0.717) is 24.2 Å². The molecule has 20 heavy (non-hydrogen) atoms. The van der Waals surface area contributed by atoms with Crippen molar-refractivity contribution in [1.29, 1.82) is 0 Å². The van der Waals surface area contributed by atoms with Crippen LogP contribution in [0.15, 0.2) is 4.52 Å². The van der Waals surface area contributed by atoms with Gasteiger partial charge in [0.05, 0.1) is 17.4 Å². The number of hydrogen-bond acceptors (Lipinski definition) is 6. The third-order valence-corrected chi connectivity index (χ3v) is 6.12. The predicted octanol–water partition coefficient (Wildman–Crippen LogP) is 1.22. The Morgan fingerprint density at radius 2 is 2.20 bits per heavy atom. The molecule has 1 aliphatic carbocycles. The molecule has 1 aromatic rings. The van der Waals surface area contributed by atoms with E-state index < -0.39 is 9.84 Å². The highest BCUT2D eigenvalue weighted by Crippen LogP contribution is 2.35. The van der Waals surface area contributed by atoms with Crippen LogP contribution in [0.5, 0.6) is 0 Å². The number of nitrogens with one attached hydrogen (secondary N) is 1. The average molecular weight is 299 g/mol. The van der Waals surface area contributed by atoms with Crippen molar-refractivity contribution in [3.05, 3.63) is 11.7 Å². The number of rotatable bonds is 4. The van der Waals surface area contributed by atoms with E-state index in [1.807, 2.05) is 0 Å². The fourth-order valence-electron chi connectivity index (χ4n) is 3.32. The molecule has 112 valence electrons. The van der Waals surface area contributed by atoms with E-state index in [0.717, 1.165) is 25.8 Å². The number of sulfone groups is 1. The minimum atomic E-state index is -2.91. The van der Waals surface area contributed by atoms with E-state index in [2.05, 4.69) is 22.4 Å². The highest BCUT2D eigenvalue weighted by atomic mass is 32.2. The average Bonchev–Trinajstić information content (AvgIpc) is 3.07. The van der Waals surface area contributed by atoms with Crippen LogP contribution in [0.4, 0.5) is 0 Å². The molecule has 1 aliphatic heterocycles. The highest BCUT2D eigenvalue weighted by molar-refractivity contribution is 7.91. The van der Waals surface area contributed by atoms with Crippen LogP contribution >= 0.6 is 0 Å². The zero-order valence-corrected chi connectivity index (χ0v) is 12.5. The van der Waals surface area contributed by atoms with Gasteiger partial charge in [0.15, 0.2) is 15.7 Å². The Kier molecular flexibility index (Phi) is 3.81. The van der Waals surface area contributed by atoms with E-state index in [9.17, 15) is 8.42 Å². The topological polar surface area (TPSA) is 85.1 Å². The van der Waals surface area contributed by atoms with Crippen LogP contribution in [-0.4, -0.2) is 42.7 Å². The third kappa shape index (κ3) is 2.74. The van der Waals surface area contributed by atoms with Crippen molar-refractivity contribution >= 4 is 9.84 Å². The van der Waals surface area contributed by atoms with Gasteiger partial charge in [-0.3, -0.25) is 0 Å². The lowest BCUT2D eigenvalue weighted by atomic mass is 10.0. The summed E-state index contributed by atoms with van der Waals surface area (Å²) in [7, 11) is -2.91. The lowest BCUT2D eigenvalue weighted by Gasteiger charge is -2.16. The predicted molar refractivity (Wildman–Crippen MR) is 74.4 cm³/mol. The number of aromatic nitrogens is 2. The van der Waals surface area contributed by atoms with Gasteiger partial charge in [0.1, 0.15) is 0 Å². The van der Waals surface area contributed by atoms with Gasteiger partial charge in [-0.05, 0) is 25.8 Å². The van der Waals surface area contributed by atoms with Gasteiger partial charge in [-0.2, -0.15) is 4.98 Å². The Morgan fingerprint density at radius 1 is 1.35 bits per heavy atom. The summed E-state index contributed by atoms with van der Waals surface area (Å²) in [6.45, 7) is 3.03. The Morgan fingerprint density at radius 3 is 2.90 bits per heavy atom. The lowest BCUT2D eigenvalue weighted by Crippen LogP contribution is -2.31. The maximum absolute atomic E-state index is 11.5. The monoisotopic (exact) mass is 299 g/mol. The molecule has 0 amide bonds. The van der Waals surface area contributed by atoms with Crippen LogP contribution in [0, 0.1) is 0 Å². The van der Waals surface area contributed by atoms with Crippen molar-refractivity contribution in [2.75, 3.05) is 18.1 Å². The second-order valence-corrected chi connectivity index (χ2v) is 8.02. The fraction of sp³-hybridized carbons (Fsp3) is 0.846. The third-order valence-electron chi connectivity index (χ3n) is 4.35. The normalized spacial score (nSPS) is 32.8. The SMILES string of the molecule is CCNC1CCCC1c1nc(C2CCS(=O)(=O)C2)no1. The van der Waals surface area contributed by atoms with Crippen molar-refractivity contribution in [1.82, 2.24) is 15.5 Å². The second kappa shape index (κ2) is 5.44. The molecule has 2 heterocycles. The quantitative estimate of drug-likeness (QED) is 0.899. The van der Waals surface area contributed by atoms with Gasteiger partial charge in [0.25, 0.3) is 0 Å². The zero-order chi connectivity index (χ0) is 14.2. The van der Waals surface area contributed by atoms with Crippen molar-refractivity contribution in [3.8, 4) is 0 Å². The van der Waals surface area contributed by atoms with E-state index in [4.69, 9.17) is 4.52 Å². The van der Waals surface area contributed by atoms with Crippen LogP contribution in [0.1, 0.15) is 56.2 Å². The number of likely N-dealkylation sites (N-methyl/N-ethyl adjacent to an activating group) is 1. The second-order valence-electron chi connectivity index (χ2n) is 5.79. The smallest absolute Gasteiger partial charge is 0.231 e. The van der Waals surface area contributed by atoms with Gasteiger partial charge in [-0.15, -0.1) is 0 Å². The van der Waals surface area contributed by atoms with Gasteiger partial charge in [-0.1, -0.05) is 18.5 Å². The Bertz CT molecular complexity index is 569. The standard InChI is InChI=1S/C13H21N3O3S/c1-2-14-11-5-3-4-10(11)13-15-12(16-19-13)9-6-7-20(17,18)8-9/h9-11,14H,2-8H2,1H3. The summed E-state index contributed by atoms with van der Waals surface area (Å²) < 4.78 is 28.4.